The van der Waals surface area contributed by atoms with Crippen LogP contribution in [0.1, 0.15) is 28.6 Å². The molecular formula is C18H19ClN2O6. The third kappa shape index (κ3) is 4.47. The lowest BCUT2D eigenvalue weighted by molar-refractivity contribution is -0.0621. The Hall–Kier alpha value is -2.42. The molecule has 1 aromatic heterocycles. The van der Waals surface area contributed by atoms with E-state index in [0.29, 0.717) is 17.5 Å². The minimum atomic E-state index is -0.665. The summed E-state index contributed by atoms with van der Waals surface area (Å²) in [6, 6.07) is 8.51. The monoisotopic (exact) mass is 394 g/mol. The summed E-state index contributed by atoms with van der Waals surface area (Å²) in [6.07, 6.45) is 0.0330. The molecule has 0 aliphatic carbocycles. The first kappa shape index (κ1) is 19.3. The number of aryl methyl sites for hydroxylation is 1. The number of aromatic amines is 1. The van der Waals surface area contributed by atoms with Gasteiger partial charge in [0.2, 0.25) is 0 Å². The average Bonchev–Trinajstić information content (AvgIpc) is 3.06. The van der Waals surface area contributed by atoms with Crippen LogP contribution in [-0.4, -0.2) is 40.4 Å². The SMILES string of the molecule is Cc1cn([C@H]2CC(OCCl)[C@@H](COC(=O)c3ccccc3)O2)c(=O)[nH]c1=O. The van der Waals surface area contributed by atoms with Gasteiger partial charge in [0.1, 0.15) is 25.0 Å². The summed E-state index contributed by atoms with van der Waals surface area (Å²) in [5, 5.41) is 0. The summed E-state index contributed by atoms with van der Waals surface area (Å²) in [5.74, 6) is -0.482. The standard InChI is InChI=1S/C18H19ClN2O6/c1-11-8-21(18(24)20-16(11)22)15-7-13(26-10-19)14(27-15)9-25-17(23)12-5-3-2-4-6-12/h2-6,8,13-15H,7,9-10H2,1H3,(H,20,22,24)/t13?,14-,15-/m1/s1. The van der Waals surface area contributed by atoms with Crippen LogP contribution in [0.4, 0.5) is 0 Å². The largest absolute Gasteiger partial charge is 0.459 e. The van der Waals surface area contributed by atoms with E-state index in [-0.39, 0.29) is 12.7 Å². The molecule has 2 aromatic rings. The molecule has 1 unspecified atom stereocenters. The van der Waals surface area contributed by atoms with Gasteiger partial charge in [-0.3, -0.25) is 14.3 Å². The summed E-state index contributed by atoms with van der Waals surface area (Å²) < 4.78 is 17.9. The van der Waals surface area contributed by atoms with E-state index in [1.807, 2.05) is 0 Å². The highest BCUT2D eigenvalue weighted by atomic mass is 35.5. The Bertz CT molecular complexity index is 910. The molecule has 0 amide bonds. The number of hydrogen-bond donors (Lipinski definition) is 1. The normalized spacial score (nSPS) is 21.9. The van der Waals surface area contributed by atoms with Crippen LogP contribution in [0.25, 0.3) is 0 Å². The number of esters is 1. The molecule has 3 atom stereocenters. The number of carbonyl (C=O) groups is 1. The van der Waals surface area contributed by atoms with Gasteiger partial charge in [0.15, 0.2) is 0 Å². The first-order valence-electron chi connectivity index (χ1n) is 8.37. The van der Waals surface area contributed by atoms with Crippen molar-refractivity contribution in [3.05, 3.63) is 68.5 Å². The Morgan fingerprint density at radius 2 is 2.07 bits per heavy atom. The molecule has 0 radical (unpaired) electrons. The van der Waals surface area contributed by atoms with Gasteiger partial charge in [-0.2, -0.15) is 0 Å². The fourth-order valence-corrected chi connectivity index (χ4v) is 3.05. The van der Waals surface area contributed by atoms with Crippen molar-refractivity contribution in [2.24, 2.45) is 0 Å². The summed E-state index contributed by atoms with van der Waals surface area (Å²) in [7, 11) is 0. The van der Waals surface area contributed by atoms with Crippen LogP contribution in [-0.2, 0) is 14.2 Å². The third-order valence-electron chi connectivity index (χ3n) is 4.30. The summed E-state index contributed by atoms with van der Waals surface area (Å²) >= 11 is 5.67. The Labute approximate surface area is 159 Å². The van der Waals surface area contributed by atoms with E-state index in [0.717, 1.165) is 0 Å². The first-order chi connectivity index (χ1) is 13.0. The predicted octanol–water partition coefficient (Wildman–Crippen LogP) is 1.57. The average molecular weight is 395 g/mol. The minimum absolute atomic E-state index is 0.0527. The van der Waals surface area contributed by atoms with Crippen molar-refractivity contribution in [1.82, 2.24) is 9.55 Å². The zero-order chi connectivity index (χ0) is 19.4. The fraction of sp³-hybridized carbons (Fsp3) is 0.389. The van der Waals surface area contributed by atoms with Crippen molar-refractivity contribution in [1.29, 1.82) is 0 Å². The van der Waals surface area contributed by atoms with E-state index in [9.17, 15) is 14.4 Å². The molecule has 2 heterocycles. The maximum absolute atomic E-state index is 12.1. The molecule has 0 spiro atoms. The molecule has 0 saturated carbocycles. The maximum atomic E-state index is 12.1. The molecule has 1 aromatic carbocycles. The second kappa shape index (κ2) is 8.51. The van der Waals surface area contributed by atoms with Gasteiger partial charge in [-0.25, -0.2) is 9.59 Å². The number of aromatic nitrogens is 2. The van der Waals surface area contributed by atoms with Gasteiger partial charge in [0.05, 0.1) is 11.7 Å². The highest BCUT2D eigenvalue weighted by Crippen LogP contribution is 2.30. The van der Waals surface area contributed by atoms with Crippen molar-refractivity contribution in [3.8, 4) is 0 Å². The molecule has 1 aliphatic rings. The lowest BCUT2D eigenvalue weighted by Gasteiger charge is -2.18. The van der Waals surface area contributed by atoms with Crippen LogP contribution in [0.3, 0.4) is 0 Å². The number of rotatable bonds is 6. The van der Waals surface area contributed by atoms with Crippen LogP contribution in [0.5, 0.6) is 0 Å². The van der Waals surface area contributed by atoms with Gasteiger partial charge in [-0.15, -0.1) is 0 Å². The zero-order valence-corrected chi connectivity index (χ0v) is 15.3. The molecule has 1 aliphatic heterocycles. The topological polar surface area (TPSA) is 99.6 Å². The lowest BCUT2D eigenvalue weighted by Crippen LogP contribution is -2.33. The van der Waals surface area contributed by atoms with Gasteiger partial charge >= 0.3 is 11.7 Å². The number of carbonyl (C=O) groups excluding carboxylic acids is 1. The summed E-state index contributed by atoms with van der Waals surface area (Å²) in [4.78, 5) is 38.0. The third-order valence-corrected chi connectivity index (χ3v) is 4.43. The maximum Gasteiger partial charge on any atom is 0.338 e. The summed E-state index contributed by atoms with van der Waals surface area (Å²) in [5.41, 5.74) is -0.223. The quantitative estimate of drug-likeness (QED) is 0.589. The molecule has 1 saturated heterocycles. The number of nitrogens with zero attached hydrogens (tertiary/aromatic N) is 1. The number of benzene rings is 1. The highest BCUT2D eigenvalue weighted by Gasteiger charge is 2.38. The fourth-order valence-electron chi connectivity index (χ4n) is 2.89. The van der Waals surface area contributed by atoms with Crippen molar-refractivity contribution in [2.45, 2.75) is 31.8 Å². The highest BCUT2D eigenvalue weighted by molar-refractivity contribution is 6.17. The zero-order valence-electron chi connectivity index (χ0n) is 14.6. The molecule has 1 fully saturated rings. The van der Waals surface area contributed by atoms with E-state index in [1.165, 1.54) is 10.8 Å². The van der Waals surface area contributed by atoms with E-state index in [1.54, 1.807) is 37.3 Å². The van der Waals surface area contributed by atoms with Gasteiger partial charge in [0.25, 0.3) is 5.56 Å². The number of halogens is 1. The molecule has 1 N–H and O–H groups in total. The first-order valence-corrected chi connectivity index (χ1v) is 8.90. The van der Waals surface area contributed by atoms with E-state index >= 15 is 0 Å². The Morgan fingerprint density at radius 1 is 1.33 bits per heavy atom. The van der Waals surface area contributed by atoms with Gasteiger partial charge < -0.3 is 14.2 Å². The van der Waals surface area contributed by atoms with Gasteiger partial charge in [-0.05, 0) is 19.1 Å². The number of ether oxygens (including phenoxy) is 3. The minimum Gasteiger partial charge on any atom is -0.459 e. The lowest BCUT2D eigenvalue weighted by atomic mass is 10.2. The summed E-state index contributed by atoms with van der Waals surface area (Å²) in [6.45, 7) is 1.54. The molecule has 9 heteroatoms. The van der Waals surface area contributed by atoms with E-state index < -0.39 is 35.7 Å². The Balaban J connectivity index is 1.71. The molecule has 0 bridgehead atoms. The van der Waals surface area contributed by atoms with E-state index in [2.05, 4.69) is 4.98 Å². The number of nitrogens with one attached hydrogen (secondary N) is 1. The molecular weight excluding hydrogens is 376 g/mol. The van der Waals surface area contributed by atoms with E-state index in [4.69, 9.17) is 25.8 Å². The van der Waals surface area contributed by atoms with Crippen LogP contribution in [0, 0.1) is 6.92 Å². The Kier molecular flexibility index (Phi) is 6.10. The van der Waals surface area contributed by atoms with Crippen LogP contribution in [0.15, 0.2) is 46.1 Å². The molecule has 3 rings (SSSR count). The molecule has 27 heavy (non-hydrogen) atoms. The van der Waals surface area contributed by atoms with Crippen LogP contribution >= 0.6 is 11.6 Å². The van der Waals surface area contributed by atoms with Crippen LogP contribution < -0.4 is 11.2 Å². The van der Waals surface area contributed by atoms with Crippen molar-refractivity contribution >= 4 is 17.6 Å². The molecule has 8 nitrogen and oxygen atoms in total. The van der Waals surface area contributed by atoms with Crippen molar-refractivity contribution in [2.75, 3.05) is 12.7 Å². The van der Waals surface area contributed by atoms with Crippen molar-refractivity contribution < 1.29 is 19.0 Å². The number of H-pyrrole nitrogens is 1. The number of hydrogen-bond acceptors (Lipinski definition) is 6. The van der Waals surface area contributed by atoms with Crippen molar-refractivity contribution in [3.63, 3.8) is 0 Å². The molecule has 144 valence electrons. The predicted molar refractivity (Wildman–Crippen MR) is 96.9 cm³/mol. The van der Waals surface area contributed by atoms with Gasteiger partial charge in [0, 0.05) is 18.2 Å². The van der Waals surface area contributed by atoms with Crippen LogP contribution in [0.2, 0.25) is 0 Å². The second-order valence-corrected chi connectivity index (χ2v) is 6.34. The Morgan fingerprint density at radius 3 is 2.78 bits per heavy atom. The smallest absolute Gasteiger partial charge is 0.338 e. The number of alkyl halides is 1. The van der Waals surface area contributed by atoms with Gasteiger partial charge in [-0.1, -0.05) is 29.8 Å². The second-order valence-electron chi connectivity index (χ2n) is 6.12.